The number of aromatic amines is 5. The second kappa shape index (κ2) is 26.8. The molecule has 0 atom stereocenters. The molecule has 9 rings (SSSR count). The Bertz CT molecular complexity index is 2650. The predicted molar refractivity (Wildman–Crippen MR) is 264 cm³/mol. The molecule has 2 saturated carbocycles. The number of anilines is 2. The minimum Gasteiger partial charge on any atom is -0.397 e. The van der Waals surface area contributed by atoms with Gasteiger partial charge in [0.1, 0.15) is 37.1 Å². The minimum atomic E-state index is -3.22. The highest BCUT2D eigenvalue weighted by Crippen LogP contribution is 2.61. The van der Waals surface area contributed by atoms with Crippen LogP contribution in [0.15, 0.2) is 55.0 Å². The average molecular weight is 1070 g/mol. The Hall–Kier alpha value is -2.99. The van der Waals surface area contributed by atoms with Gasteiger partial charge in [0, 0.05) is 38.5 Å². The number of hydrogen-bond donors (Lipinski definition) is 8. The van der Waals surface area contributed by atoms with E-state index in [0.29, 0.717) is 44.6 Å². The van der Waals surface area contributed by atoms with Crippen molar-refractivity contribution < 1.29 is 9.67 Å². The average Bonchev–Trinajstić information content (AvgIpc) is 4.06. The first-order valence-corrected chi connectivity index (χ1v) is 27.4. The van der Waals surface area contributed by atoms with E-state index in [1.54, 1.807) is 24.9 Å². The molecule has 344 valence electrons. The molecule has 29 heteroatoms. The van der Waals surface area contributed by atoms with Gasteiger partial charge in [0.05, 0.1) is 10.8 Å². The summed E-state index contributed by atoms with van der Waals surface area (Å²) >= 11 is 35.6. The summed E-state index contributed by atoms with van der Waals surface area (Å²) in [5, 5.41) is 32.9. The molecule has 0 amide bonds. The van der Waals surface area contributed by atoms with E-state index < -0.39 is 16.4 Å². The van der Waals surface area contributed by atoms with E-state index in [2.05, 4.69) is 117 Å². The molecule has 0 bridgehead atoms. The highest BCUT2D eigenvalue weighted by atomic mass is 36.0. The predicted octanol–water partition coefficient (Wildman–Crippen LogP) is 9.02. The summed E-state index contributed by atoms with van der Waals surface area (Å²) in [6, 6.07) is 11.4. The van der Waals surface area contributed by atoms with Crippen LogP contribution < -0.4 is 27.2 Å². The highest BCUT2D eigenvalue weighted by molar-refractivity contribution is 8.24. The van der Waals surface area contributed by atoms with E-state index in [4.69, 9.17) is 45.6 Å². The monoisotopic (exact) mass is 1060 g/mol. The molecule has 6 aromatic heterocycles. The van der Waals surface area contributed by atoms with E-state index in [9.17, 15) is 14.2 Å². The van der Waals surface area contributed by atoms with Gasteiger partial charge in [-0.05, 0) is 120 Å². The number of aliphatic hydroxyl groups excluding tert-OH is 1. The van der Waals surface area contributed by atoms with Crippen LogP contribution in [0.4, 0.5) is 11.5 Å². The van der Waals surface area contributed by atoms with Crippen molar-refractivity contribution in [1.29, 1.82) is 0 Å². The van der Waals surface area contributed by atoms with E-state index in [1.807, 2.05) is 44.8 Å². The van der Waals surface area contributed by atoms with E-state index >= 15 is 0 Å². The Morgan fingerprint density at radius 2 is 1.24 bits per heavy atom. The van der Waals surface area contributed by atoms with Crippen LogP contribution in [-0.4, -0.2) is 117 Å². The number of aliphatic hydroxyl groups is 1. The van der Waals surface area contributed by atoms with Crippen LogP contribution in [0.5, 0.6) is 0 Å². The van der Waals surface area contributed by atoms with E-state index in [1.165, 1.54) is 54.9 Å². The fourth-order valence-corrected chi connectivity index (χ4v) is 6.74. The normalized spacial score (nSPS) is 12.7. The third kappa shape index (κ3) is 19.2. The first-order chi connectivity index (χ1) is 29.8. The Kier molecular flexibility index (Phi) is 23.2. The third-order valence-electron chi connectivity index (χ3n) is 7.49. The zero-order chi connectivity index (χ0) is 46.9. The number of aromatic nitrogens is 12. The van der Waals surface area contributed by atoms with Gasteiger partial charge in [-0.1, -0.05) is 29.8 Å². The largest absolute Gasteiger partial charge is 0.397 e. The quantitative estimate of drug-likeness (QED) is 0.0334. The Labute approximate surface area is 403 Å². The van der Waals surface area contributed by atoms with Crippen molar-refractivity contribution in [2.24, 2.45) is 5.73 Å². The minimum absolute atomic E-state index is 0.119. The fourth-order valence-electron chi connectivity index (χ4n) is 4.44. The highest BCUT2D eigenvalue weighted by Gasteiger charge is 2.24. The van der Waals surface area contributed by atoms with Crippen LogP contribution in [0.25, 0.3) is 33.1 Å². The number of benzene rings is 1. The number of thioether (sulfide) groups is 3. The number of nitrogens with one attached hydrogen (secondary N) is 6. The third-order valence-corrected chi connectivity index (χ3v) is 10.2. The first kappa shape index (κ1) is 54.3. The number of fused-ring (bicyclic) bond motifs is 3. The van der Waals surface area contributed by atoms with Gasteiger partial charge in [0.15, 0.2) is 11.3 Å². The summed E-state index contributed by atoms with van der Waals surface area (Å²) in [6.45, 7) is 1.93. The Balaban J connectivity index is 0.000000208. The van der Waals surface area contributed by atoms with Gasteiger partial charge in [-0.25, -0.2) is 9.78 Å². The number of H-pyrrole nitrogens is 5. The van der Waals surface area contributed by atoms with Gasteiger partial charge < -0.3 is 21.1 Å². The lowest BCUT2D eigenvalue weighted by molar-refractivity contribution is 0.318. The molecule has 0 aliphatic heterocycles. The molecule has 0 saturated heterocycles. The number of para-hydroxylation sites is 1. The molecule has 63 heavy (non-hydrogen) atoms. The lowest BCUT2D eigenvalue weighted by atomic mass is 10.3. The molecular formula is C34H44Cl6N15O4PS3. The Morgan fingerprint density at radius 1 is 0.778 bits per heavy atom. The summed E-state index contributed by atoms with van der Waals surface area (Å²) in [4.78, 5) is 44.9. The smallest absolute Gasteiger partial charge is 0.339 e. The molecule has 7 aromatic rings. The summed E-state index contributed by atoms with van der Waals surface area (Å²) < 4.78 is 9.51. The molecule has 0 unspecified atom stereocenters. The number of hydrogen-bond acceptors (Lipinski definition) is 17. The first-order valence-electron chi connectivity index (χ1n) is 18.2. The number of halogens is 6. The summed E-state index contributed by atoms with van der Waals surface area (Å²) in [5.41, 5.74) is 7.13. The maximum Gasteiger partial charge on any atom is 0.339 e. The van der Waals surface area contributed by atoms with Crippen molar-refractivity contribution in [3.8, 4) is 0 Å². The lowest BCUT2D eigenvalue weighted by Crippen LogP contribution is -2.21. The van der Waals surface area contributed by atoms with E-state index in [0.717, 1.165) is 26.6 Å². The molecule has 0 spiro atoms. The molecule has 2 fully saturated rings. The van der Waals surface area contributed by atoms with Gasteiger partial charge in [-0.3, -0.25) is 34.6 Å². The maximum absolute atomic E-state index is 11.3. The second-order valence-corrected chi connectivity index (χ2v) is 22.7. The molecule has 19 nitrogen and oxygen atoms in total. The Morgan fingerprint density at radius 3 is 1.70 bits per heavy atom. The fraction of sp³-hybridized carbons (Fsp3) is 0.382. The van der Waals surface area contributed by atoms with Gasteiger partial charge in [0.25, 0.3) is 5.56 Å². The molecule has 2 aliphatic carbocycles. The van der Waals surface area contributed by atoms with Crippen LogP contribution in [0, 0.1) is 0 Å². The zero-order valence-electron chi connectivity index (χ0n) is 34.3. The van der Waals surface area contributed by atoms with Crippen molar-refractivity contribution in [2.45, 2.75) is 59.8 Å². The lowest BCUT2D eigenvalue weighted by Gasteiger charge is -2.10. The summed E-state index contributed by atoms with van der Waals surface area (Å²) in [7, 11) is 4.07. The maximum atomic E-state index is 11.3. The van der Waals surface area contributed by atoms with Gasteiger partial charge >= 0.3 is 10.9 Å². The van der Waals surface area contributed by atoms with Crippen LogP contribution in [0.1, 0.15) is 32.6 Å². The molecule has 2 aliphatic rings. The van der Waals surface area contributed by atoms with Crippen molar-refractivity contribution >= 4 is 154 Å². The van der Waals surface area contributed by atoms with Crippen LogP contribution in [0.2, 0.25) is 15.7 Å². The van der Waals surface area contributed by atoms with Crippen LogP contribution in [-0.2, 0) is 4.57 Å². The second-order valence-electron chi connectivity index (χ2n) is 12.6. The van der Waals surface area contributed by atoms with Gasteiger partial charge in [-0.2, -0.15) is 30.2 Å². The van der Waals surface area contributed by atoms with Crippen molar-refractivity contribution in [3.63, 3.8) is 0 Å². The van der Waals surface area contributed by atoms with Crippen LogP contribution >= 0.6 is 109 Å². The van der Waals surface area contributed by atoms with Gasteiger partial charge in [0.2, 0.25) is 10.6 Å². The van der Waals surface area contributed by atoms with E-state index in [-0.39, 0.29) is 17.2 Å². The zero-order valence-corrected chi connectivity index (χ0v) is 42.2. The summed E-state index contributed by atoms with van der Waals surface area (Å²) in [5.74, 6) is 0.788. The van der Waals surface area contributed by atoms with Crippen molar-refractivity contribution in [2.75, 3.05) is 49.7 Å². The number of nitrogens with two attached hydrogens (primary N) is 1. The van der Waals surface area contributed by atoms with Gasteiger partial charge in [-0.15, -0.1) is 35.3 Å². The molecule has 1 aromatic carbocycles. The topological polar surface area (TPSA) is 282 Å². The molecule has 9 N–H and O–H groups in total. The number of nitrogens with zero attached hydrogens (tertiary/aromatic N) is 8. The standard InChI is InChI=1S/C9H10ClN5S.C8H11N.C6H4Cl2N4S.C6H6N4O2S.C3H7N.C2H6O.Cl3OP/c1-16-8-5-6(11-4-2-3-4)12-9(10)13-7(5)14-15-8;1-9(2)8-6-4-3-5-7-8;1-13-5-2-3(7)9-6(8)10-4(2)11-12-5;1-13-5-2-3(9-10-5)7-6(12)8-4(2)11;4-3-1-2-3;1-2-3;1-5(2,3)4/h4H,2-3H2,1H3,(H2,11,12,13,14,15);3-7H,1-2H3;1H3,(H,9,10,11,12);1H3,(H3,7,8,9,10,11,12);3H,1-2,4H2;3H,2H2,1H3;. The molecule has 0 radical (unpaired) electrons. The number of rotatable bonds is 6. The SMILES string of the molecule is CCO.CN(C)c1ccccc1.CSc1n[nH]c2[nH]c(=O)[nH]c(=O)c12.CSc1n[nH]c2nc(Cl)nc(Cl)c12.CSc1n[nH]c2nc(Cl)nc(NC3CC3)c12.NC1CC1.O=P(Cl)(Cl)Cl. The molecular weight excluding hydrogens is 1020 g/mol. The van der Waals surface area contributed by atoms with Crippen molar-refractivity contribution in [1.82, 2.24) is 60.5 Å². The van der Waals surface area contributed by atoms with Crippen molar-refractivity contribution in [3.05, 3.63) is 66.9 Å². The molecule has 6 heterocycles. The summed E-state index contributed by atoms with van der Waals surface area (Å²) in [6.07, 6.45) is 10.6. The van der Waals surface area contributed by atoms with Crippen LogP contribution in [0.3, 0.4) is 0 Å².